The lowest BCUT2D eigenvalue weighted by atomic mass is 9.88. The van der Waals surface area contributed by atoms with Gasteiger partial charge in [-0.1, -0.05) is 44.1 Å². The zero-order valence-corrected chi connectivity index (χ0v) is 11.7. The zero-order valence-electron chi connectivity index (χ0n) is 11.7. The average Bonchev–Trinajstić information content (AvgIpc) is 2.61. The van der Waals surface area contributed by atoms with Gasteiger partial charge in [0.2, 0.25) is 0 Å². The van der Waals surface area contributed by atoms with Crippen molar-refractivity contribution in [1.82, 2.24) is 0 Å². The highest BCUT2D eigenvalue weighted by Crippen LogP contribution is 2.36. The molecular weight excluding hydrogens is 239 g/mol. The molecule has 1 saturated carbocycles. The van der Waals surface area contributed by atoms with Crippen LogP contribution in [-0.4, -0.2) is 41.4 Å². The Labute approximate surface area is 117 Å². The van der Waals surface area contributed by atoms with Gasteiger partial charge in [0.1, 0.15) is 7.85 Å². The Morgan fingerprint density at radius 3 is 2.63 bits per heavy atom. The van der Waals surface area contributed by atoms with Crippen molar-refractivity contribution in [1.29, 1.82) is 0 Å². The van der Waals surface area contributed by atoms with E-state index >= 15 is 0 Å². The molecule has 0 heterocycles. The summed E-state index contributed by atoms with van der Waals surface area (Å²) in [5, 5.41) is 29.0. The van der Waals surface area contributed by atoms with Gasteiger partial charge in [0.05, 0.1) is 12.2 Å². The van der Waals surface area contributed by atoms with Gasteiger partial charge in [-0.25, -0.2) is 0 Å². The number of allylic oxidation sites excluding steroid dienone is 2. The summed E-state index contributed by atoms with van der Waals surface area (Å²) in [6.07, 6.45) is 10.9. The molecule has 0 bridgehead atoms. The van der Waals surface area contributed by atoms with Gasteiger partial charge >= 0.3 is 0 Å². The highest BCUT2D eigenvalue weighted by Gasteiger charge is 2.39. The van der Waals surface area contributed by atoms with Crippen molar-refractivity contribution < 1.29 is 15.3 Å². The second-order valence-electron chi connectivity index (χ2n) is 5.34. The van der Waals surface area contributed by atoms with Crippen molar-refractivity contribution in [3.05, 3.63) is 24.3 Å². The van der Waals surface area contributed by atoms with Crippen LogP contribution in [0, 0.1) is 11.8 Å². The molecule has 4 heteroatoms. The van der Waals surface area contributed by atoms with Gasteiger partial charge in [-0.3, -0.25) is 0 Å². The Hall–Kier alpha value is -0.575. The molecule has 19 heavy (non-hydrogen) atoms. The van der Waals surface area contributed by atoms with Crippen LogP contribution in [0.15, 0.2) is 24.3 Å². The lowest BCUT2D eigenvalue weighted by Gasteiger charge is -2.19. The number of aliphatic hydroxyl groups excluding tert-OH is 3. The van der Waals surface area contributed by atoms with E-state index in [9.17, 15) is 10.2 Å². The van der Waals surface area contributed by atoms with Crippen molar-refractivity contribution in [2.45, 2.75) is 57.2 Å². The van der Waals surface area contributed by atoms with Crippen LogP contribution in [0.1, 0.15) is 39.0 Å². The molecule has 1 aliphatic carbocycles. The van der Waals surface area contributed by atoms with Crippen LogP contribution >= 0.6 is 0 Å². The highest BCUT2D eigenvalue weighted by atomic mass is 16.3. The summed E-state index contributed by atoms with van der Waals surface area (Å²) in [4.78, 5) is 0. The zero-order chi connectivity index (χ0) is 14.3. The summed E-state index contributed by atoms with van der Waals surface area (Å²) in [6.45, 7) is 2.16. The van der Waals surface area contributed by atoms with E-state index in [0.717, 1.165) is 12.8 Å². The molecule has 2 radical (unpaired) electrons. The van der Waals surface area contributed by atoms with Gasteiger partial charge < -0.3 is 15.3 Å². The van der Waals surface area contributed by atoms with Gasteiger partial charge in [0.25, 0.3) is 0 Å². The molecule has 0 aromatic carbocycles. The topological polar surface area (TPSA) is 60.7 Å². The molecule has 1 fully saturated rings. The molecule has 3 nitrogen and oxygen atoms in total. The Bertz CT molecular complexity index is 302. The van der Waals surface area contributed by atoms with E-state index < -0.39 is 18.2 Å². The van der Waals surface area contributed by atoms with Crippen LogP contribution in [0.3, 0.4) is 0 Å². The normalized spacial score (nSPS) is 33.5. The SMILES string of the molecule is [B][C@H](O)/C=C/[C@@H]1[C@@H](C/C=C\CCCC)[C@@H](O)C[C@H]1O. The van der Waals surface area contributed by atoms with E-state index in [-0.39, 0.29) is 11.8 Å². The molecule has 1 aliphatic rings. The molecule has 0 aromatic rings. The second-order valence-corrected chi connectivity index (χ2v) is 5.34. The van der Waals surface area contributed by atoms with E-state index in [1.807, 2.05) is 0 Å². The Morgan fingerprint density at radius 2 is 2.00 bits per heavy atom. The molecule has 106 valence electrons. The fourth-order valence-corrected chi connectivity index (χ4v) is 2.64. The fraction of sp³-hybridized carbons (Fsp3) is 0.733. The summed E-state index contributed by atoms with van der Waals surface area (Å²) in [6, 6.07) is -1.01. The number of hydrogen-bond acceptors (Lipinski definition) is 3. The maximum atomic E-state index is 9.98. The van der Waals surface area contributed by atoms with Gasteiger partial charge in [-0.05, 0) is 18.8 Å². The number of aliphatic hydroxyl groups is 3. The van der Waals surface area contributed by atoms with Crippen LogP contribution in [0.4, 0.5) is 0 Å². The summed E-state index contributed by atoms with van der Waals surface area (Å²) in [5.41, 5.74) is 0. The number of hydrogen-bond donors (Lipinski definition) is 3. The first-order valence-corrected chi connectivity index (χ1v) is 7.19. The molecule has 0 aromatic heterocycles. The van der Waals surface area contributed by atoms with Gasteiger partial charge in [0, 0.05) is 18.3 Å². The molecule has 0 amide bonds. The highest BCUT2D eigenvalue weighted by molar-refractivity contribution is 6.12. The van der Waals surface area contributed by atoms with Crippen LogP contribution < -0.4 is 0 Å². The average molecular weight is 264 g/mol. The monoisotopic (exact) mass is 264 g/mol. The predicted octanol–water partition coefficient (Wildman–Crippen LogP) is 1.52. The first-order chi connectivity index (χ1) is 9.06. The lowest BCUT2D eigenvalue weighted by molar-refractivity contribution is 0.120. The van der Waals surface area contributed by atoms with Crippen LogP contribution in [0.25, 0.3) is 0 Å². The van der Waals surface area contributed by atoms with E-state index in [1.54, 1.807) is 6.08 Å². The largest absolute Gasteiger partial charge is 0.399 e. The number of unbranched alkanes of at least 4 members (excludes halogenated alkanes) is 2. The van der Waals surface area contributed by atoms with Crippen molar-refractivity contribution >= 4 is 7.85 Å². The Morgan fingerprint density at radius 1 is 1.26 bits per heavy atom. The minimum absolute atomic E-state index is 0.00266. The standard InChI is InChI=1S/C15H25BO3/c1-2-3-4-5-6-7-11-12(8-9-15(16)19)14(18)10-13(11)17/h5-6,8-9,11-15,17-19H,2-4,7,10H2,1H3/b6-5-,9-8+/t11-,12-,13+,14-,15-/m1/s1. The summed E-state index contributed by atoms with van der Waals surface area (Å²) >= 11 is 0. The van der Waals surface area contributed by atoms with Crippen LogP contribution in [0.5, 0.6) is 0 Å². The van der Waals surface area contributed by atoms with Gasteiger partial charge in [-0.2, -0.15) is 0 Å². The second kappa shape index (κ2) is 8.57. The third kappa shape index (κ3) is 5.51. The fourth-order valence-electron chi connectivity index (χ4n) is 2.64. The molecule has 0 unspecified atom stereocenters. The minimum Gasteiger partial charge on any atom is -0.399 e. The van der Waals surface area contributed by atoms with E-state index in [4.69, 9.17) is 13.0 Å². The lowest BCUT2D eigenvalue weighted by Crippen LogP contribution is -2.20. The maximum absolute atomic E-state index is 9.98. The van der Waals surface area contributed by atoms with E-state index in [1.165, 1.54) is 18.9 Å². The third-order valence-electron chi connectivity index (χ3n) is 3.75. The Balaban J connectivity index is 2.54. The molecule has 5 atom stereocenters. The Kier molecular flexibility index (Phi) is 7.43. The van der Waals surface area contributed by atoms with Crippen molar-refractivity contribution in [3.63, 3.8) is 0 Å². The molecular formula is C15H25BO3. The first-order valence-electron chi connectivity index (χ1n) is 7.19. The molecule has 0 aliphatic heterocycles. The van der Waals surface area contributed by atoms with E-state index in [0.29, 0.717) is 6.42 Å². The predicted molar refractivity (Wildman–Crippen MR) is 77.8 cm³/mol. The molecule has 0 spiro atoms. The molecule has 3 N–H and O–H groups in total. The minimum atomic E-state index is -1.01. The molecule has 1 rings (SSSR count). The van der Waals surface area contributed by atoms with Crippen LogP contribution in [0.2, 0.25) is 0 Å². The number of rotatable bonds is 7. The quantitative estimate of drug-likeness (QED) is 0.371. The summed E-state index contributed by atoms with van der Waals surface area (Å²) in [7, 11) is 5.26. The first kappa shape index (κ1) is 16.5. The van der Waals surface area contributed by atoms with Gasteiger partial charge in [-0.15, -0.1) is 0 Å². The maximum Gasteiger partial charge on any atom is 0.114 e. The van der Waals surface area contributed by atoms with Gasteiger partial charge in [0.15, 0.2) is 0 Å². The summed E-state index contributed by atoms with van der Waals surface area (Å²) < 4.78 is 0. The summed E-state index contributed by atoms with van der Waals surface area (Å²) in [5.74, 6) is -0.132. The molecule has 0 saturated heterocycles. The van der Waals surface area contributed by atoms with Crippen LogP contribution in [-0.2, 0) is 0 Å². The third-order valence-corrected chi connectivity index (χ3v) is 3.75. The van der Waals surface area contributed by atoms with Crippen molar-refractivity contribution in [2.75, 3.05) is 0 Å². The van der Waals surface area contributed by atoms with E-state index in [2.05, 4.69) is 19.1 Å². The van der Waals surface area contributed by atoms with Crippen molar-refractivity contribution in [2.24, 2.45) is 11.8 Å². The van der Waals surface area contributed by atoms with Crippen molar-refractivity contribution in [3.8, 4) is 0 Å². The smallest absolute Gasteiger partial charge is 0.114 e.